The molecule has 3 aromatic heterocycles. The van der Waals surface area contributed by atoms with Crippen LogP contribution in [0.25, 0.3) is 11.2 Å². The van der Waals surface area contributed by atoms with Crippen LogP contribution < -0.4 is 0 Å². The van der Waals surface area contributed by atoms with Crippen LogP contribution in [0.4, 0.5) is 0 Å². The summed E-state index contributed by atoms with van der Waals surface area (Å²) in [7, 11) is 1.95. The zero-order valence-electron chi connectivity index (χ0n) is 12.5. The molecule has 0 aliphatic heterocycles. The van der Waals surface area contributed by atoms with Crippen molar-refractivity contribution in [3.05, 3.63) is 35.7 Å². The highest BCUT2D eigenvalue weighted by atomic mass is 35.5. The van der Waals surface area contributed by atoms with Crippen LogP contribution in [-0.4, -0.2) is 19.3 Å². The van der Waals surface area contributed by atoms with Gasteiger partial charge in [-0.25, -0.2) is 4.98 Å². The number of furan rings is 1. The number of aromatic nitrogens is 4. The second-order valence-corrected chi connectivity index (χ2v) is 5.82. The van der Waals surface area contributed by atoms with Crippen molar-refractivity contribution in [2.75, 3.05) is 0 Å². The lowest BCUT2D eigenvalue weighted by molar-refractivity contribution is 0.488. The molecule has 112 valence electrons. The van der Waals surface area contributed by atoms with Gasteiger partial charge in [0.2, 0.25) is 0 Å². The summed E-state index contributed by atoms with van der Waals surface area (Å²) in [5, 5.41) is 4.40. The van der Waals surface area contributed by atoms with Gasteiger partial charge in [0.25, 0.3) is 0 Å². The van der Waals surface area contributed by atoms with Crippen molar-refractivity contribution in [1.29, 1.82) is 0 Å². The molecule has 0 saturated heterocycles. The molecule has 0 bridgehead atoms. The molecule has 3 aromatic rings. The smallest absolute Gasteiger partial charge is 0.158 e. The summed E-state index contributed by atoms with van der Waals surface area (Å²) >= 11 is 6.31. The Balaban J connectivity index is 2.05. The van der Waals surface area contributed by atoms with Crippen molar-refractivity contribution >= 4 is 22.8 Å². The Morgan fingerprint density at radius 3 is 2.86 bits per heavy atom. The summed E-state index contributed by atoms with van der Waals surface area (Å²) in [4.78, 5) is 4.72. The lowest BCUT2D eigenvalue weighted by atomic mass is 10.3. The van der Waals surface area contributed by atoms with E-state index in [0.717, 1.165) is 47.8 Å². The predicted octanol–water partition coefficient (Wildman–Crippen LogP) is 3.47. The first-order chi connectivity index (χ1) is 10.1. The number of halogens is 1. The predicted molar refractivity (Wildman–Crippen MR) is 82.6 cm³/mol. The molecule has 1 atom stereocenters. The first kappa shape index (κ1) is 14.2. The highest BCUT2D eigenvalue weighted by Gasteiger charge is 2.20. The SMILES string of the molecule is CCc1nn(C)c2c1nc(C(C)Cl)n2CCc1ccco1. The molecule has 1 unspecified atom stereocenters. The van der Waals surface area contributed by atoms with Crippen molar-refractivity contribution in [3.8, 4) is 0 Å². The van der Waals surface area contributed by atoms with E-state index in [0.29, 0.717) is 0 Å². The lowest BCUT2D eigenvalue weighted by Gasteiger charge is -2.10. The normalized spacial score (nSPS) is 13.1. The molecule has 0 radical (unpaired) electrons. The van der Waals surface area contributed by atoms with E-state index in [9.17, 15) is 0 Å². The quantitative estimate of drug-likeness (QED) is 0.678. The average Bonchev–Trinajstić information content (AvgIpc) is 3.13. The zero-order chi connectivity index (χ0) is 15.0. The van der Waals surface area contributed by atoms with Crippen molar-refractivity contribution in [2.24, 2.45) is 7.05 Å². The first-order valence-electron chi connectivity index (χ1n) is 7.20. The molecule has 0 aliphatic rings. The molecular weight excluding hydrogens is 288 g/mol. The number of hydrogen-bond acceptors (Lipinski definition) is 3. The van der Waals surface area contributed by atoms with Crippen molar-refractivity contribution < 1.29 is 4.42 Å². The van der Waals surface area contributed by atoms with Crippen LogP contribution in [0.5, 0.6) is 0 Å². The van der Waals surface area contributed by atoms with Gasteiger partial charge in [-0.3, -0.25) is 4.68 Å². The Kier molecular flexibility index (Phi) is 3.76. The van der Waals surface area contributed by atoms with E-state index in [2.05, 4.69) is 16.6 Å². The van der Waals surface area contributed by atoms with Gasteiger partial charge in [0, 0.05) is 20.0 Å². The Morgan fingerprint density at radius 1 is 1.43 bits per heavy atom. The third-order valence-electron chi connectivity index (χ3n) is 3.67. The Morgan fingerprint density at radius 2 is 2.24 bits per heavy atom. The fourth-order valence-electron chi connectivity index (χ4n) is 2.70. The lowest BCUT2D eigenvalue weighted by Crippen LogP contribution is -2.09. The fraction of sp³-hybridized carbons (Fsp3) is 0.467. The molecule has 0 saturated carbocycles. The minimum atomic E-state index is -0.140. The van der Waals surface area contributed by atoms with Crippen LogP contribution in [0.2, 0.25) is 0 Å². The third-order valence-corrected chi connectivity index (χ3v) is 3.87. The van der Waals surface area contributed by atoms with Crippen LogP contribution in [0, 0.1) is 0 Å². The van der Waals surface area contributed by atoms with Crippen LogP contribution in [0.3, 0.4) is 0 Å². The standard InChI is InChI=1S/C15H19ClN4O/c1-4-12-13-15(19(3)18-12)20(14(17-13)10(2)16)8-7-11-6-5-9-21-11/h5-6,9-10H,4,7-8H2,1-3H3. The highest BCUT2D eigenvalue weighted by molar-refractivity contribution is 6.20. The molecule has 6 heteroatoms. The van der Waals surface area contributed by atoms with E-state index in [1.165, 1.54) is 0 Å². The summed E-state index contributed by atoms with van der Waals surface area (Å²) in [6.07, 6.45) is 3.37. The van der Waals surface area contributed by atoms with Gasteiger partial charge in [0.05, 0.1) is 17.3 Å². The maximum absolute atomic E-state index is 6.31. The minimum absolute atomic E-state index is 0.140. The van der Waals surface area contributed by atoms with Crippen LogP contribution >= 0.6 is 11.6 Å². The first-order valence-corrected chi connectivity index (χ1v) is 7.64. The summed E-state index contributed by atoms with van der Waals surface area (Å²) in [6, 6.07) is 3.89. The molecule has 0 N–H and O–H groups in total. The highest BCUT2D eigenvalue weighted by Crippen LogP contribution is 2.26. The molecule has 0 spiro atoms. The number of fused-ring (bicyclic) bond motifs is 1. The van der Waals surface area contributed by atoms with Gasteiger partial charge < -0.3 is 8.98 Å². The molecule has 3 heterocycles. The second-order valence-electron chi connectivity index (χ2n) is 5.16. The van der Waals surface area contributed by atoms with Crippen molar-refractivity contribution in [2.45, 2.75) is 38.6 Å². The van der Waals surface area contributed by atoms with E-state index < -0.39 is 0 Å². The van der Waals surface area contributed by atoms with Crippen LogP contribution in [-0.2, 0) is 26.4 Å². The van der Waals surface area contributed by atoms with Gasteiger partial charge in [-0.15, -0.1) is 11.6 Å². The Labute approximate surface area is 128 Å². The molecule has 0 fully saturated rings. The summed E-state index contributed by atoms with van der Waals surface area (Å²) in [5.74, 6) is 1.85. The topological polar surface area (TPSA) is 48.8 Å². The largest absolute Gasteiger partial charge is 0.469 e. The Hall–Kier alpha value is -1.75. The summed E-state index contributed by atoms with van der Waals surface area (Å²) in [6.45, 7) is 4.82. The molecule has 21 heavy (non-hydrogen) atoms. The third kappa shape index (κ3) is 2.46. The van der Waals surface area contributed by atoms with E-state index >= 15 is 0 Å². The number of rotatable bonds is 5. The number of imidazole rings is 1. The van der Waals surface area contributed by atoms with Gasteiger partial charge in [-0.2, -0.15) is 5.10 Å². The van der Waals surface area contributed by atoms with E-state index in [-0.39, 0.29) is 5.38 Å². The summed E-state index contributed by atoms with van der Waals surface area (Å²) in [5.41, 5.74) is 3.01. The molecule has 0 aliphatic carbocycles. The number of nitrogens with zero attached hydrogens (tertiary/aromatic N) is 4. The molecule has 3 rings (SSSR count). The maximum Gasteiger partial charge on any atom is 0.158 e. The Bertz CT molecular complexity index is 739. The average molecular weight is 307 g/mol. The van der Waals surface area contributed by atoms with Crippen LogP contribution in [0.15, 0.2) is 22.8 Å². The van der Waals surface area contributed by atoms with E-state index in [1.54, 1.807) is 6.26 Å². The second kappa shape index (κ2) is 5.56. The van der Waals surface area contributed by atoms with Crippen molar-refractivity contribution in [1.82, 2.24) is 19.3 Å². The van der Waals surface area contributed by atoms with Crippen LogP contribution in [0.1, 0.15) is 36.5 Å². The van der Waals surface area contributed by atoms with Gasteiger partial charge >= 0.3 is 0 Å². The van der Waals surface area contributed by atoms with Gasteiger partial charge in [0.1, 0.15) is 17.1 Å². The molecule has 0 aromatic carbocycles. The van der Waals surface area contributed by atoms with Gasteiger partial charge in [-0.1, -0.05) is 6.92 Å². The maximum atomic E-state index is 6.31. The molecule has 5 nitrogen and oxygen atoms in total. The monoisotopic (exact) mass is 306 g/mol. The number of alkyl halides is 1. The van der Waals surface area contributed by atoms with Gasteiger partial charge in [-0.05, 0) is 25.5 Å². The fourth-order valence-corrected chi connectivity index (χ4v) is 2.86. The van der Waals surface area contributed by atoms with E-state index in [4.69, 9.17) is 21.0 Å². The zero-order valence-corrected chi connectivity index (χ0v) is 13.3. The molecular formula is C15H19ClN4O. The summed E-state index contributed by atoms with van der Waals surface area (Å²) < 4.78 is 9.46. The number of hydrogen-bond donors (Lipinski definition) is 0. The van der Waals surface area contributed by atoms with Crippen molar-refractivity contribution in [3.63, 3.8) is 0 Å². The number of aryl methyl sites for hydroxylation is 4. The van der Waals surface area contributed by atoms with Gasteiger partial charge in [0.15, 0.2) is 5.65 Å². The molecule has 0 amide bonds. The van der Waals surface area contributed by atoms with E-state index in [1.807, 2.05) is 30.8 Å². The minimum Gasteiger partial charge on any atom is -0.469 e.